The molecule has 0 aliphatic heterocycles. The Labute approximate surface area is 228 Å². The Morgan fingerprint density at radius 1 is 0.946 bits per heavy atom. The smallest absolute Gasteiger partial charge is 0.264 e. The normalized spacial score (nSPS) is 12.0. The predicted molar refractivity (Wildman–Crippen MR) is 147 cm³/mol. The lowest BCUT2D eigenvalue weighted by Gasteiger charge is -2.32. The van der Waals surface area contributed by atoms with Gasteiger partial charge in [0.1, 0.15) is 12.6 Å². The highest BCUT2D eigenvalue weighted by molar-refractivity contribution is 7.92. The maximum Gasteiger partial charge on any atom is 0.264 e. The van der Waals surface area contributed by atoms with E-state index >= 15 is 0 Å². The quantitative estimate of drug-likeness (QED) is 0.380. The molecular formula is C27H29Cl2N3O4S. The number of nitrogens with zero attached hydrogens (tertiary/aromatic N) is 2. The summed E-state index contributed by atoms with van der Waals surface area (Å²) in [5, 5.41) is 3.32. The van der Waals surface area contributed by atoms with Crippen LogP contribution in [0, 0.1) is 0 Å². The van der Waals surface area contributed by atoms with Crippen molar-refractivity contribution in [2.45, 2.75) is 37.8 Å². The van der Waals surface area contributed by atoms with Crippen LogP contribution in [0.4, 0.5) is 5.69 Å². The zero-order valence-corrected chi connectivity index (χ0v) is 23.1. The summed E-state index contributed by atoms with van der Waals surface area (Å²) in [4.78, 5) is 27.8. The first kappa shape index (κ1) is 28.5. The maximum absolute atomic E-state index is 13.8. The number of hydrogen-bond acceptors (Lipinski definition) is 4. The van der Waals surface area contributed by atoms with E-state index in [1.54, 1.807) is 55.5 Å². The molecule has 1 N–H and O–H groups in total. The number of hydrogen-bond donors (Lipinski definition) is 1. The van der Waals surface area contributed by atoms with Gasteiger partial charge in [0, 0.05) is 23.6 Å². The van der Waals surface area contributed by atoms with E-state index in [1.165, 1.54) is 24.1 Å². The number of benzene rings is 3. The Hall–Kier alpha value is -3.07. The van der Waals surface area contributed by atoms with Gasteiger partial charge in [-0.2, -0.15) is 0 Å². The Balaban J connectivity index is 2.08. The summed E-state index contributed by atoms with van der Waals surface area (Å²) >= 11 is 12.4. The summed E-state index contributed by atoms with van der Waals surface area (Å²) in [6, 6.07) is 19.0. The standard InChI is InChI=1S/C27H29Cl2N3O4S/c1-4-20-10-8-9-13-25(20)32(37(35,36)23-11-6-5-7-12-23)18-26(33)31(19(2)27(34)30-3)17-21-14-15-22(28)16-24(21)29/h5-16,19H,4,17-18H2,1-3H3,(H,30,34)/t19-/m1/s1. The van der Waals surface area contributed by atoms with Crippen LogP contribution in [-0.2, 0) is 32.6 Å². The zero-order chi connectivity index (χ0) is 27.2. The zero-order valence-electron chi connectivity index (χ0n) is 20.8. The van der Waals surface area contributed by atoms with E-state index in [9.17, 15) is 18.0 Å². The van der Waals surface area contributed by atoms with Crippen LogP contribution in [0.15, 0.2) is 77.7 Å². The molecule has 10 heteroatoms. The minimum Gasteiger partial charge on any atom is -0.357 e. The highest BCUT2D eigenvalue weighted by Gasteiger charge is 2.33. The number of anilines is 1. The molecule has 0 unspecified atom stereocenters. The van der Waals surface area contributed by atoms with E-state index < -0.39 is 34.4 Å². The van der Waals surface area contributed by atoms with Gasteiger partial charge in [0.15, 0.2) is 0 Å². The van der Waals surface area contributed by atoms with Crippen molar-refractivity contribution in [2.24, 2.45) is 0 Å². The average molecular weight is 563 g/mol. The van der Waals surface area contributed by atoms with Crippen molar-refractivity contribution in [3.8, 4) is 0 Å². The fourth-order valence-corrected chi connectivity index (χ4v) is 5.85. The molecule has 0 radical (unpaired) electrons. The van der Waals surface area contributed by atoms with Gasteiger partial charge < -0.3 is 10.2 Å². The highest BCUT2D eigenvalue weighted by atomic mass is 35.5. The Morgan fingerprint density at radius 2 is 1.59 bits per heavy atom. The number of carbonyl (C=O) groups is 2. The third kappa shape index (κ3) is 6.63. The van der Waals surface area contributed by atoms with Gasteiger partial charge in [0.25, 0.3) is 10.0 Å². The van der Waals surface area contributed by atoms with Crippen molar-refractivity contribution < 1.29 is 18.0 Å². The van der Waals surface area contributed by atoms with Gasteiger partial charge in [0.2, 0.25) is 11.8 Å². The fourth-order valence-electron chi connectivity index (χ4n) is 3.91. The molecule has 2 amide bonds. The summed E-state index contributed by atoms with van der Waals surface area (Å²) in [5.74, 6) is -0.961. The SMILES string of the molecule is CCc1ccccc1N(CC(=O)N(Cc1ccc(Cl)cc1Cl)[C@H](C)C(=O)NC)S(=O)(=O)c1ccccc1. The Kier molecular flexibility index (Phi) is 9.59. The van der Waals surface area contributed by atoms with E-state index in [4.69, 9.17) is 23.2 Å². The average Bonchev–Trinajstić information content (AvgIpc) is 2.90. The highest BCUT2D eigenvalue weighted by Crippen LogP contribution is 2.29. The lowest BCUT2D eigenvalue weighted by molar-refractivity contribution is -0.139. The molecule has 37 heavy (non-hydrogen) atoms. The number of halogens is 2. The van der Waals surface area contributed by atoms with E-state index in [1.807, 2.05) is 19.1 Å². The molecule has 0 aliphatic carbocycles. The summed E-state index contributed by atoms with van der Waals surface area (Å²) in [7, 11) is -2.64. The van der Waals surface area contributed by atoms with Crippen LogP contribution in [0.1, 0.15) is 25.0 Å². The van der Waals surface area contributed by atoms with Crippen LogP contribution in [0.5, 0.6) is 0 Å². The molecule has 3 rings (SSSR count). The van der Waals surface area contributed by atoms with Gasteiger partial charge in [-0.1, -0.05) is 72.6 Å². The van der Waals surface area contributed by atoms with Crippen LogP contribution in [-0.4, -0.2) is 44.8 Å². The van der Waals surface area contributed by atoms with E-state index in [0.29, 0.717) is 27.7 Å². The Bertz CT molecular complexity index is 1370. The lowest BCUT2D eigenvalue weighted by Crippen LogP contribution is -2.50. The number of para-hydroxylation sites is 1. The first-order valence-corrected chi connectivity index (χ1v) is 13.9. The number of rotatable bonds is 10. The topological polar surface area (TPSA) is 86.8 Å². The second-order valence-electron chi connectivity index (χ2n) is 8.35. The molecule has 0 aromatic heterocycles. The van der Waals surface area contributed by atoms with E-state index in [-0.39, 0.29) is 11.4 Å². The van der Waals surface area contributed by atoms with Crippen LogP contribution in [0.3, 0.4) is 0 Å². The fraction of sp³-hybridized carbons (Fsp3) is 0.259. The molecule has 0 bridgehead atoms. The van der Waals surface area contributed by atoms with Crippen LogP contribution < -0.4 is 9.62 Å². The number of nitrogens with one attached hydrogen (secondary N) is 1. The molecule has 7 nitrogen and oxygen atoms in total. The van der Waals surface area contributed by atoms with Crippen LogP contribution in [0.2, 0.25) is 10.0 Å². The number of amides is 2. The molecule has 3 aromatic rings. The Morgan fingerprint density at radius 3 is 2.22 bits per heavy atom. The predicted octanol–water partition coefficient (Wildman–Crippen LogP) is 4.91. The maximum atomic E-state index is 13.8. The van der Waals surface area contributed by atoms with Crippen molar-refractivity contribution in [1.29, 1.82) is 0 Å². The second-order valence-corrected chi connectivity index (χ2v) is 11.1. The van der Waals surface area contributed by atoms with Gasteiger partial charge in [-0.25, -0.2) is 8.42 Å². The first-order valence-electron chi connectivity index (χ1n) is 11.7. The summed E-state index contributed by atoms with van der Waals surface area (Å²) in [6.07, 6.45) is 0.559. The minimum absolute atomic E-state index is 0.0158. The molecule has 196 valence electrons. The monoisotopic (exact) mass is 561 g/mol. The molecular weight excluding hydrogens is 533 g/mol. The summed E-state index contributed by atoms with van der Waals surface area (Å²) in [5.41, 5.74) is 1.74. The number of likely N-dealkylation sites (N-methyl/N-ethyl adjacent to an activating group) is 1. The lowest BCUT2D eigenvalue weighted by atomic mass is 10.1. The van der Waals surface area contributed by atoms with Crippen molar-refractivity contribution in [1.82, 2.24) is 10.2 Å². The molecule has 0 saturated heterocycles. The van der Waals surface area contributed by atoms with E-state index in [2.05, 4.69) is 5.32 Å². The summed E-state index contributed by atoms with van der Waals surface area (Å²) in [6.45, 7) is 2.96. The number of aryl methyl sites for hydroxylation is 1. The van der Waals surface area contributed by atoms with Crippen molar-refractivity contribution in [2.75, 3.05) is 17.9 Å². The van der Waals surface area contributed by atoms with Crippen LogP contribution in [0.25, 0.3) is 0 Å². The van der Waals surface area contributed by atoms with Crippen molar-refractivity contribution in [3.63, 3.8) is 0 Å². The van der Waals surface area contributed by atoms with Crippen LogP contribution >= 0.6 is 23.2 Å². The van der Waals surface area contributed by atoms with E-state index in [0.717, 1.165) is 9.87 Å². The molecule has 3 aromatic carbocycles. The van der Waals surface area contributed by atoms with Gasteiger partial charge in [0.05, 0.1) is 10.6 Å². The van der Waals surface area contributed by atoms with Crippen molar-refractivity contribution >= 4 is 50.7 Å². The number of carbonyl (C=O) groups excluding carboxylic acids is 2. The third-order valence-electron chi connectivity index (χ3n) is 6.02. The van der Waals surface area contributed by atoms with Gasteiger partial charge in [-0.3, -0.25) is 13.9 Å². The third-order valence-corrected chi connectivity index (χ3v) is 8.38. The summed E-state index contributed by atoms with van der Waals surface area (Å²) < 4.78 is 28.7. The molecule has 0 aliphatic rings. The van der Waals surface area contributed by atoms with Crippen molar-refractivity contribution in [3.05, 3.63) is 94.0 Å². The molecule has 1 atom stereocenters. The molecule has 0 spiro atoms. The van der Waals surface area contributed by atoms with Gasteiger partial charge in [-0.05, 0) is 54.8 Å². The second kappa shape index (κ2) is 12.4. The minimum atomic E-state index is -4.11. The molecule has 0 fully saturated rings. The van der Waals surface area contributed by atoms with Gasteiger partial charge in [-0.15, -0.1) is 0 Å². The molecule has 0 saturated carbocycles. The largest absolute Gasteiger partial charge is 0.357 e. The number of sulfonamides is 1. The first-order chi connectivity index (χ1) is 17.6. The van der Waals surface area contributed by atoms with Gasteiger partial charge >= 0.3 is 0 Å². The molecule has 0 heterocycles.